The van der Waals surface area contributed by atoms with Gasteiger partial charge in [-0.25, -0.2) is 5.01 Å². The van der Waals surface area contributed by atoms with Crippen molar-refractivity contribution in [1.29, 1.82) is 0 Å². The number of halogens is 2. The zero-order chi connectivity index (χ0) is 17.9. The van der Waals surface area contributed by atoms with E-state index in [2.05, 4.69) is 10.4 Å². The molecule has 1 aliphatic heterocycles. The summed E-state index contributed by atoms with van der Waals surface area (Å²) in [6.45, 7) is -0.157. The Balaban J connectivity index is 1.95. The van der Waals surface area contributed by atoms with Gasteiger partial charge in [-0.3, -0.25) is 14.4 Å². The van der Waals surface area contributed by atoms with E-state index in [0.29, 0.717) is 15.7 Å². The van der Waals surface area contributed by atoms with Crippen LogP contribution in [-0.4, -0.2) is 54.0 Å². The fraction of sp³-hybridized carbons (Fsp3) is 0.333. The van der Waals surface area contributed by atoms with Crippen LogP contribution in [0, 0.1) is 0 Å². The van der Waals surface area contributed by atoms with Gasteiger partial charge >= 0.3 is 0 Å². The van der Waals surface area contributed by atoms with Gasteiger partial charge in [-0.1, -0.05) is 23.2 Å². The molecule has 1 heterocycles. The van der Waals surface area contributed by atoms with Gasteiger partial charge in [-0.05, 0) is 18.2 Å². The Hall–Kier alpha value is -2.12. The van der Waals surface area contributed by atoms with Gasteiger partial charge < -0.3 is 10.2 Å². The van der Waals surface area contributed by atoms with Gasteiger partial charge in [0.05, 0.1) is 16.6 Å². The molecule has 0 bridgehead atoms. The van der Waals surface area contributed by atoms with Crippen LogP contribution < -0.4 is 5.32 Å². The van der Waals surface area contributed by atoms with E-state index in [4.69, 9.17) is 23.2 Å². The summed E-state index contributed by atoms with van der Waals surface area (Å²) in [5, 5.41) is 8.42. The Morgan fingerprint density at radius 1 is 1.29 bits per heavy atom. The van der Waals surface area contributed by atoms with E-state index in [0.717, 1.165) is 5.01 Å². The maximum atomic E-state index is 12.3. The molecular formula is C15H16Cl2N4O3. The van der Waals surface area contributed by atoms with Crippen molar-refractivity contribution in [2.75, 3.05) is 26.0 Å². The number of likely N-dealkylation sites (N-methyl/N-ethyl adjacent to an activating group) is 1. The van der Waals surface area contributed by atoms with Crippen molar-refractivity contribution in [3.63, 3.8) is 0 Å². The van der Waals surface area contributed by atoms with E-state index < -0.39 is 5.91 Å². The Bertz CT molecular complexity index is 721. The lowest BCUT2D eigenvalue weighted by Crippen LogP contribution is -2.41. The number of hydrogen-bond acceptors (Lipinski definition) is 4. The van der Waals surface area contributed by atoms with Crippen LogP contribution in [0.2, 0.25) is 10.0 Å². The molecule has 1 aliphatic rings. The molecule has 0 aromatic heterocycles. The lowest BCUT2D eigenvalue weighted by Gasteiger charge is -2.22. The highest BCUT2D eigenvalue weighted by Crippen LogP contribution is 2.24. The van der Waals surface area contributed by atoms with Crippen molar-refractivity contribution < 1.29 is 14.4 Å². The number of nitrogens with one attached hydrogen (secondary N) is 1. The Morgan fingerprint density at radius 3 is 2.62 bits per heavy atom. The van der Waals surface area contributed by atoms with Crippen molar-refractivity contribution in [1.82, 2.24) is 9.91 Å². The predicted molar refractivity (Wildman–Crippen MR) is 92.2 cm³/mol. The smallest absolute Gasteiger partial charge is 0.270 e. The number of hydrazone groups is 1. The van der Waals surface area contributed by atoms with E-state index in [1.54, 1.807) is 12.1 Å². The minimum Gasteiger partial charge on any atom is -0.331 e. The number of carbonyl (C=O) groups is 3. The zero-order valence-corrected chi connectivity index (χ0v) is 14.7. The average molecular weight is 371 g/mol. The summed E-state index contributed by atoms with van der Waals surface area (Å²) in [7, 11) is 2.99. The summed E-state index contributed by atoms with van der Waals surface area (Å²) in [5.41, 5.74) is 0.734. The molecule has 3 amide bonds. The van der Waals surface area contributed by atoms with Crippen molar-refractivity contribution in [2.24, 2.45) is 5.10 Å². The molecule has 0 fully saturated rings. The van der Waals surface area contributed by atoms with Crippen LogP contribution in [0.4, 0.5) is 5.69 Å². The largest absolute Gasteiger partial charge is 0.331 e. The van der Waals surface area contributed by atoms with E-state index in [-0.39, 0.29) is 36.9 Å². The highest BCUT2D eigenvalue weighted by atomic mass is 35.5. The minimum absolute atomic E-state index is 0.147. The van der Waals surface area contributed by atoms with Crippen molar-refractivity contribution in [3.8, 4) is 0 Å². The van der Waals surface area contributed by atoms with Crippen LogP contribution in [0.5, 0.6) is 0 Å². The van der Waals surface area contributed by atoms with Crippen LogP contribution in [-0.2, 0) is 14.4 Å². The maximum absolute atomic E-state index is 12.3. The van der Waals surface area contributed by atoms with E-state index in [1.165, 1.54) is 25.1 Å². The first-order valence-corrected chi connectivity index (χ1v) is 7.88. The van der Waals surface area contributed by atoms with Crippen molar-refractivity contribution in [3.05, 3.63) is 28.2 Å². The second-order valence-electron chi connectivity index (χ2n) is 5.30. The summed E-state index contributed by atoms with van der Waals surface area (Å²) in [6, 6.07) is 4.70. The number of anilines is 1. The van der Waals surface area contributed by atoms with Gasteiger partial charge in [0.25, 0.3) is 5.91 Å². The van der Waals surface area contributed by atoms with Gasteiger partial charge in [-0.2, -0.15) is 5.10 Å². The molecule has 128 valence electrons. The highest BCUT2D eigenvalue weighted by molar-refractivity contribution is 6.42. The molecule has 1 aromatic carbocycles. The lowest BCUT2D eigenvalue weighted by atomic mass is 10.1. The van der Waals surface area contributed by atoms with Crippen molar-refractivity contribution in [2.45, 2.75) is 12.8 Å². The minimum atomic E-state index is -0.390. The molecular weight excluding hydrogens is 355 g/mol. The summed E-state index contributed by atoms with van der Waals surface area (Å²) >= 11 is 11.7. The van der Waals surface area contributed by atoms with Crippen LogP contribution in [0.3, 0.4) is 0 Å². The molecule has 0 unspecified atom stereocenters. The Kier molecular flexibility index (Phi) is 5.80. The topological polar surface area (TPSA) is 82.1 Å². The van der Waals surface area contributed by atoms with E-state index in [9.17, 15) is 14.4 Å². The zero-order valence-electron chi connectivity index (χ0n) is 13.2. The third-order valence-corrected chi connectivity index (χ3v) is 4.12. The number of hydrogen-bond donors (Lipinski definition) is 1. The Morgan fingerprint density at radius 2 is 2.00 bits per heavy atom. The van der Waals surface area contributed by atoms with Gasteiger partial charge in [0.1, 0.15) is 5.71 Å². The SMILES string of the molecule is CN(CC(=O)Nc1ccc(Cl)c(Cl)c1)C(=O)C1=NN(C)C(=O)CC1. The standard InChI is InChI=1S/C15H16Cl2N4O3/c1-20(15(24)12-5-6-14(23)21(2)19-12)8-13(22)18-9-3-4-10(16)11(17)7-9/h3-4,7H,5-6,8H2,1-2H3,(H,18,22). The van der Waals surface area contributed by atoms with Crippen LogP contribution in [0.1, 0.15) is 12.8 Å². The summed E-state index contributed by atoms with van der Waals surface area (Å²) in [5.74, 6) is -0.921. The van der Waals surface area contributed by atoms with Crippen LogP contribution >= 0.6 is 23.2 Å². The third-order valence-electron chi connectivity index (χ3n) is 3.39. The van der Waals surface area contributed by atoms with E-state index >= 15 is 0 Å². The first kappa shape index (κ1) is 18.2. The molecule has 9 heteroatoms. The number of amides is 3. The normalized spacial score (nSPS) is 14.2. The predicted octanol–water partition coefficient (Wildman–Crippen LogP) is 2.00. The van der Waals surface area contributed by atoms with Gasteiger partial charge in [0.2, 0.25) is 11.8 Å². The van der Waals surface area contributed by atoms with Crippen molar-refractivity contribution >= 4 is 52.3 Å². The molecule has 0 saturated carbocycles. The maximum Gasteiger partial charge on any atom is 0.270 e. The second kappa shape index (κ2) is 7.63. The van der Waals surface area contributed by atoms with Gasteiger partial charge in [-0.15, -0.1) is 0 Å². The Labute approximate surface area is 149 Å². The van der Waals surface area contributed by atoms with E-state index in [1.807, 2.05) is 0 Å². The number of benzene rings is 1. The monoisotopic (exact) mass is 370 g/mol. The summed E-state index contributed by atoms with van der Waals surface area (Å²) in [6.07, 6.45) is 0.491. The number of nitrogens with zero attached hydrogens (tertiary/aromatic N) is 3. The molecule has 0 saturated heterocycles. The van der Waals surface area contributed by atoms with Crippen LogP contribution in [0.15, 0.2) is 23.3 Å². The highest BCUT2D eigenvalue weighted by Gasteiger charge is 2.25. The molecule has 7 nitrogen and oxygen atoms in total. The molecule has 1 aromatic rings. The average Bonchev–Trinajstić information content (AvgIpc) is 2.52. The van der Waals surface area contributed by atoms with Gasteiger partial charge in [0.15, 0.2) is 0 Å². The number of rotatable bonds is 4. The molecule has 0 spiro atoms. The second-order valence-corrected chi connectivity index (χ2v) is 6.12. The quantitative estimate of drug-likeness (QED) is 0.879. The molecule has 0 aliphatic carbocycles. The molecule has 0 atom stereocenters. The molecule has 24 heavy (non-hydrogen) atoms. The first-order valence-electron chi connectivity index (χ1n) is 7.12. The molecule has 0 radical (unpaired) electrons. The number of carbonyl (C=O) groups excluding carboxylic acids is 3. The fourth-order valence-corrected chi connectivity index (χ4v) is 2.40. The molecule has 1 N–H and O–H groups in total. The summed E-state index contributed by atoms with van der Waals surface area (Å²) in [4.78, 5) is 36.9. The lowest BCUT2D eigenvalue weighted by molar-refractivity contribution is -0.131. The summed E-state index contributed by atoms with van der Waals surface area (Å²) < 4.78 is 0. The molecule has 2 rings (SSSR count). The van der Waals surface area contributed by atoms with Crippen LogP contribution in [0.25, 0.3) is 0 Å². The third kappa shape index (κ3) is 4.46. The fourth-order valence-electron chi connectivity index (χ4n) is 2.11. The first-order chi connectivity index (χ1) is 11.3. The van der Waals surface area contributed by atoms with Gasteiger partial charge in [0, 0.05) is 32.6 Å².